The third-order valence-electron chi connectivity index (χ3n) is 3.02. The first-order valence-corrected chi connectivity index (χ1v) is 5.75. The fourth-order valence-corrected chi connectivity index (χ4v) is 2.08. The van der Waals surface area contributed by atoms with Gasteiger partial charge in [-0.05, 0) is 25.0 Å². The van der Waals surface area contributed by atoms with Crippen LogP contribution in [0.3, 0.4) is 0 Å². The highest BCUT2D eigenvalue weighted by Gasteiger charge is 2.20. The van der Waals surface area contributed by atoms with E-state index in [2.05, 4.69) is 5.32 Å². The van der Waals surface area contributed by atoms with Crippen LogP contribution >= 0.6 is 0 Å². The second-order valence-electron chi connectivity index (χ2n) is 4.29. The second kappa shape index (κ2) is 4.95. The zero-order valence-electron chi connectivity index (χ0n) is 9.60. The molecule has 0 aliphatic carbocycles. The highest BCUT2D eigenvalue weighted by molar-refractivity contribution is 5.72. The molecule has 0 spiro atoms. The summed E-state index contributed by atoms with van der Waals surface area (Å²) in [7, 11) is 0. The predicted octanol–water partition coefficient (Wildman–Crippen LogP) is 1.35. The first-order chi connectivity index (χ1) is 8.15. The molecule has 1 aliphatic rings. The number of carbonyl (C=O) groups excluding carboxylic acids is 1. The van der Waals surface area contributed by atoms with Gasteiger partial charge in [0.15, 0.2) is 0 Å². The molecule has 0 saturated carbocycles. The minimum Gasteiger partial charge on any atom is -0.508 e. The Morgan fingerprint density at radius 2 is 2.12 bits per heavy atom. The van der Waals surface area contributed by atoms with Gasteiger partial charge in [0.1, 0.15) is 5.75 Å². The Labute approximate surface area is 100 Å². The molecule has 0 unspecified atom stereocenters. The quantitative estimate of drug-likeness (QED) is 0.724. The van der Waals surface area contributed by atoms with Crippen LogP contribution < -0.4 is 11.1 Å². The number of carbonyl (C=O) groups is 1. The summed E-state index contributed by atoms with van der Waals surface area (Å²) in [5.74, 6) is 0.254. The lowest BCUT2D eigenvalue weighted by Crippen LogP contribution is -2.44. The molecule has 92 valence electrons. The van der Waals surface area contributed by atoms with Gasteiger partial charge < -0.3 is 21.1 Å². The van der Waals surface area contributed by atoms with Gasteiger partial charge in [-0.25, -0.2) is 4.79 Å². The first-order valence-electron chi connectivity index (χ1n) is 5.75. The zero-order valence-corrected chi connectivity index (χ0v) is 9.60. The number of benzene rings is 1. The summed E-state index contributed by atoms with van der Waals surface area (Å²) in [6.07, 6.45) is 1.75. The van der Waals surface area contributed by atoms with Crippen molar-refractivity contribution in [2.75, 3.05) is 18.4 Å². The number of primary amides is 1. The van der Waals surface area contributed by atoms with Crippen molar-refractivity contribution in [3.63, 3.8) is 0 Å². The summed E-state index contributed by atoms with van der Waals surface area (Å²) < 4.78 is 0. The Bertz CT molecular complexity index is 400. The maximum Gasteiger partial charge on any atom is 0.314 e. The van der Waals surface area contributed by atoms with Crippen molar-refractivity contribution < 1.29 is 9.90 Å². The molecule has 5 heteroatoms. The molecule has 1 aromatic rings. The number of aromatic hydroxyl groups is 1. The van der Waals surface area contributed by atoms with Gasteiger partial charge in [0.05, 0.1) is 0 Å². The Morgan fingerprint density at radius 3 is 2.71 bits per heavy atom. The summed E-state index contributed by atoms with van der Waals surface area (Å²) in [6, 6.07) is 7.03. The molecule has 2 amide bonds. The molecule has 1 aromatic carbocycles. The Kier molecular flexibility index (Phi) is 3.37. The van der Waals surface area contributed by atoms with Crippen molar-refractivity contribution in [3.8, 4) is 5.75 Å². The minimum absolute atomic E-state index is 0.254. The van der Waals surface area contributed by atoms with Gasteiger partial charge in [0, 0.05) is 30.9 Å². The van der Waals surface area contributed by atoms with Crippen LogP contribution in [0.25, 0.3) is 0 Å². The number of urea groups is 1. The zero-order chi connectivity index (χ0) is 12.3. The lowest BCUT2D eigenvalue weighted by Gasteiger charge is -2.31. The average Bonchev–Trinajstić information content (AvgIpc) is 2.29. The molecular formula is C12H17N3O2. The van der Waals surface area contributed by atoms with Crippen LogP contribution in [0.5, 0.6) is 5.75 Å². The van der Waals surface area contributed by atoms with Crippen molar-refractivity contribution >= 4 is 11.7 Å². The van der Waals surface area contributed by atoms with E-state index in [0.717, 1.165) is 18.5 Å². The molecule has 0 radical (unpaired) electrons. The fraction of sp³-hybridized carbons (Fsp3) is 0.417. The van der Waals surface area contributed by atoms with Gasteiger partial charge in [-0.3, -0.25) is 0 Å². The van der Waals surface area contributed by atoms with E-state index in [1.165, 1.54) is 0 Å². The van der Waals surface area contributed by atoms with Crippen LogP contribution in [0, 0.1) is 0 Å². The number of anilines is 1. The molecule has 5 nitrogen and oxygen atoms in total. The van der Waals surface area contributed by atoms with Crippen LogP contribution in [0.1, 0.15) is 12.8 Å². The van der Waals surface area contributed by atoms with Gasteiger partial charge in [-0.2, -0.15) is 0 Å². The van der Waals surface area contributed by atoms with Crippen molar-refractivity contribution in [2.24, 2.45) is 5.73 Å². The highest BCUT2D eigenvalue weighted by Crippen LogP contribution is 2.19. The van der Waals surface area contributed by atoms with Crippen molar-refractivity contribution in [2.45, 2.75) is 18.9 Å². The number of phenolic OH excluding ortho intramolecular Hbond substituents is 1. The maximum atomic E-state index is 11.0. The molecule has 17 heavy (non-hydrogen) atoms. The number of amides is 2. The SMILES string of the molecule is NC(=O)N1CCC(Nc2cccc(O)c2)CC1. The van der Waals surface area contributed by atoms with E-state index < -0.39 is 0 Å². The fourth-order valence-electron chi connectivity index (χ4n) is 2.08. The number of nitrogens with one attached hydrogen (secondary N) is 1. The van der Waals surface area contributed by atoms with E-state index in [0.29, 0.717) is 19.1 Å². The smallest absolute Gasteiger partial charge is 0.314 e. The lowest BCUT2D eigenvalue weighted by atomic mass is 10.0. The topological polar surface area (TPSA) is 78.6 Å². The van der Waals surface area contributed by atoms with Crippen LogP contribution in [-0.2, 0) is 0 Å². The van der Waals surface area contributed by atoms with Crippen LogP contribution in [0.4, 0.5) is 10.5 Å². The summed E-state index contributed by atoms with van der Waals surface area (Å²) in [6.45, 7) is 1.37. The molecule has 1 saturated heterocycles. The largest absolute Gasteiger partial charge is 0.508 e. The number of hydrogen-bond donors (Lipinski definition) is 3. The van der Waals surface area contributed by atoms with Gasteiger partial charge in [-0.1, -0.05) is 6.07 Å². The van der Waals surface area contributed by atoms with Crippen molar-refractivity contribution in [1.82, 2.24) is 4.90 Å². The second-order valence-corrected chi connectivity index (χ2v) is 4.29. The molecule has 1 heterocycles. The average molecular weight is 235 g/mol. The lowest BCUT2D eigenvalue weighted by molar-refractivity contribution is 0.193. The van der Waals surface area contributed by atoms with Crippen LogP contribution in [-0.4, -0.2) is 35.2 Å². The van der Waals surface area contributed by atoms with Crippen molar-refractivity contribution in [3.05, 3.63) is 24.3 Å². The Balaban J connectivity index is 1.88. The summed E-state index contributed by atoms with van der Waals surface area (Å²) >= 11 is 0. The number of nitrogens with two attached hydrogens (primary N) is 1. The van der Waals surface area contributed by atoms with Crippen LogP contribution in [0.15, 0.2) is 24.3 Å². The highest BCUT2D eigenvalue weighted by atomic mass is 16.3. The third kappa shape index (κ3) is 3.03. The predicted molar refractivity (Wildman–Crippen MR) is 65.9 cm³/mol. The molecule has 0 atom stereocenters. The maximum absolute atomic E-state index is 11.0. The molecule has 1 fully saturated rings. The van der Waals surface area contributed by atoms with E-state index in [-0.39, 0.29) is 11.8 Å². The summed E-state index contributed by atoms with van der Waals surface area (Å²) in [4.78, 5) is 12.6. The molecule has 0 bridgehead atoms. The Hall–Kier alpha value is -1.91. The summed E-state index contributed by atoms with van der Waals surface area (Å²) in [5.41, 5.74) is 6.12. The monoisotopic (exact) mass is 235 g/mol. The first kappa shape index (κ1) is 11.6. The van der Waals surface area contributed by atoms with Crippen LogP contribution in [0.2, 0.25) is 0 Å². The summed E-state index contributed by atoms with van der Waals surface area (Å²) in [5, 5.41) is 12.7. The Morgan fingerprint density at radius 1 is 1.41 bits per heavy atom. The van der Waals surface area contributed by atoms with E-state index in [9.17, 15) is 9.90 Å². The van der Waals surface area contributed by atoms with E-state index in [1.807, 2.05) is 6.07 Å². The standard InChI is InChI=1S/C12H17N3O2/c13-12(17)15-6-4-9(5-7-15)14-10-2-1-3-11(16)8-10/h1-3,8-9,14,16H,4-7H2,(H2,13,17). The number of rotatable bonds is 2. The van der Waals surface area contributed by atoms with Gasteiger partial charge in [-0.15, -0.1) is 0 Å². The molecule has 2 rings (SSSR count). The number of likely N-dealkylation sites (tertiary alicyclic amines) is 1. The van der Waals surface area contributed by atoms with E-state index >= 15 is 0 Å². The molecule has 0 aromatic heterocycles. The van der Waals surface area contributed by atoms with E-state index in [4.69, 9.17) is 5.73 Å². The minimum atomic E-state index is -0.346. The normalized spacial score (nSPS) is 16.8. The molecular weight excluding hydrogens is 218 g/mol. The molecule has 1 aliphatic heterocycles. The number of piperidine rings is 1. The van der Waals surface area contributed by atoms with Gasteiger partial charge in [0.25, 0.3) is 0 Å². The number of nitrogens with zero attached hydrogens (tertiary/aromatic N) is 1. The van der Waals surface area contributed by atoms with E-state index in [1.54, 1.807) is 23.1 Å². The number of phenols is 1. The third-order valence-corrected chi connectivity index (χ3v) is 3.02. The van der Waals surface area contributed by atoms with Crippen molar-refractivity contribution in [1.29, 1.82) is 0 Å². The molecule has 4 N–H and O–H groups in total. The van der Waals surface area contributed by atoms with Gasteiger partial charge in [0.2, 0.25) is 0 Å². The van der Waals surface area contributed by atoms with Gasteiger partial charge >= 0.3 is 6.03 Å². The number of hydrogen-bond acceptors (Lipinski definition) is 3.